The van der Waals surface area contributed by atoms with Gasteiger partial charge in [0, 0.05) is 25.6 Å². The van der Waals surface area contributed by atoms with Crippen molar-refractivity contribution in [3.05, 3.63) is 169 Å². The first-order chi connectivity index (χ1) is 23.5. The zero-order chi connectivity index (χ0) is 32.0. The minimum atomic E-state index is -0.0197. The third kappa shape index (κ3) is 4.08. The minimum Gasteiger partial charge on any atom is -0.135 e. The maximum absolute atomic E-state index is 2.47. The molecule has 0 atom stereocenters. The Balaban J connectivity index is 1.03. The van der Waals surface area contributed by atoms with Gasteiger partial charge >= 0.3 is 0 Å². The average molecular weight is 629 g/mol. The molecule has 1 heterocycles. The largest absolute Gasteiger partial charge is 0.135 e. The maximum Gasteiger partial charge on any atom is 0.0433 e. The Morgan fingerprint density at radius 3 is 1.90 bits per heavy atom. The Kier molecular flexibility index (Phi) is 5.89. The van der Waals surface area contributed by atoms with Gasteiger partial charge in [-0.15, -0.1) is 11.3 Å². The molecule has 48 heavy (non-hydrogen) atoms. The fourth-order valence-corrected chi connectivity index (χ4v) is 9.36. The van der Waals surface area contributed by atoms with Gasteiger partial charge < -0.3 is 0 Å². The van der Waals surface area contributed by atoms with Crippen molar-refractivity contribution < 1.29 is 0 Å². The van der Waals surface area contributed by atoms with Crippen LogP contribution in [0, 0.1) is 0 Å². The molecule has 1 aliphatic carbocycles. The summed E-state index contributed by atoms with van der Waals surface area (Å²) in [6.45, 7) is 4.73. The minimum absolute atomic E-state index is 0.0197. The van der Waals surface area contributed by atoms with E-state index in [1.54, 1.807) is 0 Å². The highest BCUT2D eigenvalue weighted by atomic mass is 32.1. The van der Waals surface area contributed by atoms with Gasteiger partial charge in [0.2, 0.25) is 0 Å². The van der Waals surface area contributed by atoms with Gasteiger partial charge in [-0.25, -0.2) is 0 Å². The van der Waals surface area contributed by atoms with Gasteiger partial charge in [-0.1, -0.05) is 141 Å². The van der Waals surface area contributed by atoms with Crippen molar-refractivity contribution in [1.82, 2.24) is 0 Å². The van der Waals surface area contributed by atoms with Crippen LogP contribution in [0.1, 0.15) is 25.0 Å². The summed E-state index contributed by atoms with van der Waals surface area (Å²) >= 11 is 1.89. The maximum atomic E-state index is 2.47. The van der Waals surface area contributed by atoms with E-state index in [1.165, 1.54) is 97.4 Å². The van der Waals surface area contributed by atoms with Gasteiger partial charge in [-0.05, 0) is 108 Å². The van der Waals surface area contributed by atoms with Crippen molar-refractivity contribution >= 4 is 53.1 Å². The van der Waals surface area contributed by atoms with E-state index in [0.29, 0.717) is 0 Å². The molecule has 9 aromatic rings. The van der Waals surface area contributed by atoms with E-state index in [9.17, 15) is 0 Å². The van der Waals surface area contributed by atoms with Crippen LogP contribution in [0.25, 0.3) is 86.2 Å². The molecule has 1 aromatic heterocycles. The molecule has 0 bridgehead atoms. The summed E-state index contributed by atoms with van der Waals surface area (Å²) in [5.41, 5.74) is 13.1. The predicted octanol–water partition coefficient (Wildman–Crippen LogP) is 13.7. The first-order valence-electron chi connectivity index (χ1n) is 16.8. The smallest absolute Gasteiger partial charge is 0.0433 e. The van der Waals surface area contributed by atoms with Crippen molar-refractivity contribution in [2.45, 2.75) is 19.3 Å². The first-order valence-corrected chi connectivity index (χ1v) is 17.6. The summed E-state index contributed by atoms with van der Waals surface area (Å²) < 4.78 is 2.70. The molecule has 0 aliphatic heterocycles. The zero-order valence-electron chi connectivity index (χ0n) is 26.9. The first kappa shape index (κ1) is 27.6. The van der Waals surface area contributed by atoms with Crippen LogP contribution in [-0.4, -0.2) is 0 Å². The molecule has 0 nitrogen and oxygen atoms in total. The molecular formula is C47H32S. The van der Waals surface area contributed by atoms with Gasteiger partial charge in [-0.2, -0.15) is 0 Å². The Hall–Kier alpha value is -5.50. The van der Waals surface area contributed by atoms with Crippen LogP contribution in [0.4, 0.5) is 0 Å². The van der Waals surface area contributed by atoms with Crippen molar-refractivity contribution in [1.29, 1.82) is 0 Å². The molecule has 0 amide bonds. The normalized spacial score (nSPS) is 13.4. The van der Waals surface area contributed by atoms with Crippen molar-refractivity contribution in [3.8, 4) is 44.5 Å². The predicted molar refractivity (Wildman–Crippen MR) is 208 cm³/mol. The summed E-state index contributed by atoms with van der Waals surface area (Å²) in [5.74, 6) is 0. The lowest BCUT2D eigenvalue weighted by atomic mass is 9.81. The summed E-state index contributed by atoms with van der Waals surface area (Å²) in [6, 6.07) is 58.8. The third-order valence-electron chi connectivity index (χ3n) is 10.7. The van der Waals surface area contributed by atoms with Crippen LogP contribution in [0.15, 0.2) is 158 Å². The van der Waals surface area contributed by atoms with Crippen LogP contribution in [0.2, 0.25) is 0 Å². The van der Waals surface area contributed by atoms with E-state index >= 15 is 0 Å². The molecule has 0 spiro atoms. The molecule has 1 aliphatic rings. The molecule has 0 saturated heterocycles. The molecule has 0 radical (unpaired) electrons. The lowest BCUT2D eigenvalue weighted by Crippen LogP contribution is -2.14. The lowest BCUT2D eigenvalue weighted by Gasteiger charge is -2.22. The molecule has 226 valence electrons. The molecule has 0 fully saturated rings. The molecular weight excluding hydrogens is 597 g/mol. The standard InChI is InChI=1S/C47H32S/c1-47(2)43-15-5-3-11-37(43)42-27-35-24-22-31-21-23-34(26-40(31)41(35)28-44(42)47)33-10-7-9-32(25-33)29-17-19-30(20-18-29)36-13-8-14-39-38-12-4-6-16-45(38)48-46(36)39/h3-28H,1-2H3. The highest BCUT2D eigenvalue weighted by molar-refractivity contribution is 7.26. The molecule has 0 saturated carbocycles. The van der Waals surface area contributed by atoms with E-state index in [0.717, 1.165) is 0 Å². The number of thiophene rings is 1. The monoisotopic (exact) mass is 628 g/mol. The van der Waals surface area contributed by atoms with E-state index in [4.69, 9.17) is 0 Å². The van der Waals surface area contributed by atoms with Crippen molar-refractivity contribution in [2.24, 2.45) is 0 Å². The topological polar surface area (TPSA) is 0 Å². The number of hydrogen-bond acceptors (Lipinski definition) is 1. The Labute approximate surface area is 284 Å². The van der Waals surface area contributed by atoms with Gasteiger partial charge in [0.1, 0.15) is 0 Å². The quantitative estimate of drug-likeness (QED) is 0.171. The van der Waals surface area contributed by atoms with E-state index in [-0.39, 0.29) is 5.41 Å². The fraction of sp³-hybridized carbons (Fsp3) is 0.0638. The van der Waals surface area contributed by atoms with Crippen molar-refractivity contribution in [2.75, 3.05) is 0 Å². The Morgan fingerprint density at radius 1 is 0.375 bits per heavy atom. The second-order valence-electron chi connectivity index (χ2n) is 13.7. The highest BCUT2D eigenvalue weighted by Gasteiger charge is 2.35. The summed E-state index contributed by atoms with van der Waals surface area (Å²) in [6.07, 6.45) is 0. The van der Waals surface area contributed by atoms with Crippen molar-refractivity contribution in [3.63, 3.8) is 0 Å². The van der Waals surface area contributed by atoms with E-state index in [1.807, 2.05) is 11.3 Å². The molecule has 0 unspecified atom stereocenters. The lowest BCUT2D eigenvalue weighted by molar-refractivity contribution is 0.661. The molecule has 0 N–H and O–H groups in total. The second kappa shape index (κ2) is 10.2. The molecule has 10 rings (SSSR count). The van der Waals surface area contributed by atoms with Gasteiger partial charge in [0.15, 0.2) is 0 Å². The van der Waals surface area contributed by atoms with Gasteiger partial charge in [0.05, 0.1) is 0 Å². The van der Waals surface area contributed by atoms with Crippen LogP contribution in [0.3, 0.4) is 0 Å². The molecule has 1 heteroatoms. The molecule has 8 aromatic carbocycles. The highest BCUT2D eigenvalue weighted by Crippen LogP contribution is 2.50. The van der Waals surface area contributed by atoms with Gasteiger partial charge in [-0.3, -0.25) is 0 Å². The summed E-state index contributed by atoms with van der Waals surface area (Å²) in [5, 5.41) is 7.89. The van der Waals surface area contributed by atoms with Crippen LogP contribution >= 0.6 is 11.3 Å². The van der Waals surface area contributed by atoms with Crippen LogP contribution < -0.4 is 0 Å². The SMILES string of the molecule is CC1(C)c2ccccc2-c2cc3ccc4ccc(-c5cccc(-c6ccc(-c7cccc8c7sc7ccccc78)cc6)c5)cc4c3cc21. The Bertz CT molecular complexity index is 2740. The number of benzene rings is 8. The van der Waals surface area contributed by atoms with E-state index in [2.05, 4.69) is 172 Å². The number of fused-ring (bicyclic) bond motifs is 9. The van der Waals surface area contributed by atoms with Gasteiger partial charge in [0.25, 0.3) is 0 Å². The number of rotatable bonds is 3. The summed E-state index contributed by atoms with van der Waals surface area (Å²) in [4.78, 5) is 0. The Morgan fingerprint density at radius 2 is 1.00 bits per heavy atom. The second-order valence-corrected chi connectivity index (χ2v) is 14.8. The van der Waals surface area contributed by atoms with Crippen LogP contribution in [-0.2, 0) is 5.41 Å². The van der Waals surface area contributed by atoms with E-state index < -0.39 is 0 Å². The zero-order valence-corrected chi connectivity index (χ0v) is 27.7. The average Bonchev–Trinajstić information content (AvgIpc) is 3.63. The summed E-state index contributed by atoms with van der Waals surface area (Å²) in [7, 11) is 0. The van der Waals surface area contributed by atoms with Crippen LogP contribution in [0.5, 0.6) is 0 Å². The fourth-order valence-electron chi connectivity index (χ4n) is 8.12. The number of hydrogen-bond donors (Lipinski definition) is 0. The third-order valence-corrected chi connectivity index (χ3v) is 11.9.